The number of alkyl halides is 3. The lowest BCUT2D eigenvalue weighted by atomic mass is 9.83. The first-order chi connectivity index (χ1) is 19.3. The molecule has 1 aromatic carbocycles. The van der Waals surface area contributed by atoms with Crippen LogP contribution in [0, 0.1) is 11.5 Å². The Balaban J connectivity index is 1.98. The molecule has 1 saturated heterocycles. The van der Waals surface area contributed by atoms with Gasteiger partial charge in [-0.2, -0.15) is 18.4 Å². The highest BCUT2D eigenvalue weighted by Gasteiger charge is 2.68. The van der Waals surface area contributed by atoms with Crippen LogP contribution in [0.4, 0.5) is 18.9 Å². The van der Waals surface area contributed by atoms with E-state index in [0.717, 1.165) is 42.0 Å². The van der Waals surface area contributed by atoms with Gasteiger partial charge in [0.2, 0.25) is 5.54 Å². The number of aromatic nitrogens is 1. The number of nitrogens with zero attached hydrogens (tertiary/aromatic N) is 4. The summed E-state index contributed by atoms with van der Waals surface area (Å²) in [6.45, 7) is 5.64. The van der Waals surface area contributed by atoms with Crippen LogP contribution in [0.3, 0.4) is 0 Å². The molecule has 0 radical (unpaired) electrons. The fraction of sp³-hybridized carbons (Fsp3) is 0.533. The van der Waals surface area contributed by atoms with Crippen molar-refractivity contribution in [3.8, 4) is 6.19 Å². The Morgan fingerprint density at radius 2 is 1.73 bits per heavy atom. The summed E-state index contributed by atoms with van der Waals surface area (Å²) in [4.78, 5) is 33.8. The Hall–Kier alpha value is -3.65. The molecule has 1 unspecified atom stereocenters. The normalized spacial score (nSPS) is 21.6. The Labute approximate surface area is 238 Å². The van der Waals surface area contributed by atoms with Crippen molar-refractivity contribution in [3.05, 3.63) is 59.9 Å². The highest BCUT2D eigenvalue weighted by Crippen LogP contribution is 2.48. The number of rotatable bonds is 6. The first kappa shape index (κ1) is 30.3. The second kappa shape index (κ2) is 11.7. The minimum atomic E-state index is -5.30. The molecular formula is C30H36F3N5O3. The van der Waals surface area contributed by atoms with Crippen LogP contribution in [-0.2, 0) is 20.5 Å². The Morgan fingerprint density at radius 3 is 2.27 bits per heavy atom. The van der Waals surface area contributed by atoms with Gasteiger partial charge >= 0.3 is 6.18 Å². The quantitative estimate of drug-likeness (QED) is 0.493. The third kappa shape index (κ3) is 5.89. The minimum absolute atomic E-state index is 0.165. The van der Waals surface area contributed by atoms with Gasteiger partial charge in [0, 0.05) is 36.1 Å². The van der Waals surface area contributed by atoms with Crippen molar-refractivity contribution >= 4 is 17.5 Å². The van der Waals surface area contributed by atoms with Gasteiger partial charge in [-0.05, 0) is 42.0 Å². The van der Waals surface area contributed by atoms with Gasteiger partial charge in [0.15, 0.2) is 6.19 Å². The van der Waals surface area contributed by atoms with E-state index < -0.39 is 47.3 Å². The molecule has 1 aromatic heterocycles. The van der Waals surface area contributed by atoms with E-state index in [-0.39, 0.29) is 24.1 Å². The molecule has 4 rings (SSSR count). The lowest BCUT2D eigenvalue weighted by Gasteiger charge is -2.45. The van der Waals surface area contributed by atoms with Crippen molar-refractivity contribution in [1.29, 1.82) is 5.26 Å². The summed E-state index contributed by atoms with van der Waals surface area (Å²) in [6.07, 6.45) is 0.919. The van der Waals surface area contributed by atoms with Gasteiger partial charge in [-0.25, -0.2) is 0 Å². The van der Waals surface area contributed by atoms with Crippen molar-refractivity contribution in [2.45, 2.75) is 94.6 Å². The summed E-state index contributed by atoms with van der Waals surface area (Å²) < 4.78 is 47.3. The predicted molar refractivity (Wildman–Crippen MR) is 146 cm³/mol. The van der Waals surface area contributed by atoms with Crippen LogP contribution in [0.25, 0.3) is 0 Å². The number of nitrogens with one attached hydrogen (secondary N) is 1. The summed E-state index contributed by atoms with van der Waals surface area (Å²) in [5.74, 6) is -2.51. The summed E-state index contributed by atoms with van der Waals surface area (Å²) in [5.41, 5.74) is -3.72. The molecule has 1 saturated carbocycles. The van der Waals surface area contributed by atoms with Gasteiger partial charge in [-0.15, -0.1) is 0 Å². The zero-order chi connectivity index (χ0) is 30.0. The van der Waals surface area contributed by atoms with Crippen molar-refractivity contribution in [2.75, 3.05) is 11.4 Å². The molecule has 220 valence electrons. The van der Waals surface area contributed by atoms with E-state index in [1.165, 1.54) is 24.4 Å². The topological polar surface area (TPSA) is 110 Å². The number of hydrogen-bond acceptors (Lipinski definition) is 6. The molecule has 2 amide bonds. The average molecular weight is 572 g/mol. The number of likely N-dealkylation sites (tertiary alicyclic amines) is 1. The molecule has 0 bridgehead atoms. The highest BCUT2D eigenvalue weighted by atomic mass is 19.4. The van der Waals surface area contributed by atoms with Crippen LogP contribution in [0.15, 0.2) is 48.8 Å². The molecule has 0 spiro atoms. The standard InChI is InChI=1S/C30H36F3N5O3/c1-28(2,3)20-11-13-23(14-12-20)38(26(40)25-16-24(39)18-37(25)19-34)29(30(31,32)33,21-8-7-15-35-17-21)27(41)36-22-9-5-4-6-10-22/h7-8,11-15,17,22,24-25,39H,4-6,9-10,16,18H2,1-3H3,(H,36,41)/t24-,25-,29?/m1/s1. The number of amides is 2. The molecule has 1 aliphatic heterocycles. The maximum Gasteiger partial charge on any atom is 0.425 e. The predicted octanol–water partition coefficient (Wildman–Crippen LogP) is 4.54. The third-order valence-electron chi connectivity index (χ3n) is 8.00. The van der Waals surface area contributed by atoms with Crippen molar-refractivity contribution in [3.63, 3.8) is 0 Å². The van der Waals surface area contributed by atoms with E-state index in [4.69, 9.17) is 0 Å². The molecular weight excluding hydrogens is 535 g/mol. The third-order valence-corrected chi connectivity index (χ3v) is 8.00. The number of β-amino-alcohol motifs (C(OH)–C–C–N with tert-alkyl or cyclic N) is 1. The molecule has 2 fully saturated rings. The fourth-order valence-electron chi connectivity index (χ4n) is 5.80. The number of nitriles is 1. The zero-order valence-electron chi connectivity index (χ0n) is 23.5. The number of carbonyl (C=O) groups is 2. The largest absolute Gasteiger partial charge is 0.425 e. The minimum Gasteiger partial charge on any atom is -0.391 e. The Morgan fingerprint density at radius 1 is 1.07 bits per heavy atom. The maximum atomic E-state index is 15.8. The van der Waals surface area contributed by atoms with Gasteiger partial charge in [0.05, 0.1) is 12.6 Å². The van der Waals surface area contributed by atoms with Crippen molar-refractivity contribution in [2.24, 2.45) is 0 Å². The molecule has 8 nitrogen and oxygen atoms in total. The Bertz CT molecular complexity index is 1270. The monoisotopic (exact) mass is 571 g/mol. The van der Waals surface area contributed by atoms with Gasteiger partial charge in [-0.3, -0.25) is 24.4 Å². The molecule has 2 N–H and O–H groups in total. The second-order valence-corrected chi connectivity index (χ2v) is 11.9. The van der Waals surface area contributed by atoms with E-state index in [9.17, 15) is 20.0 Å². The second-order valence-electron chi connectivity index (χ2n) is 11.9. The van der Waals surface area contributed by atoms with Gasteiger partial charge < -0.3 is 10.4 Å². The molecule has 1 aliphatic carbocycles. The van der Waals surface area contributed by atoms with E-state index in [1.807, 2.05) is 27.0 Å². The first-order valence-corrected chi connectivity index (χ1v) is 13.9. The average Bonchev–Trinajstić information content (AvgIpc) is 3.32. The first-order valence-electron chi connectivity index (χ1n) is 13.9. The summed E-state index contributed by atoms with van der Waals surface area (Å²) in [7, 11) is 0. The molecule has 41 heavy (non-hydrogen) atoms. The molecule has 2 heterocycles. The smallest absolute Gasteiger partial charge is 0.391 e. The van der Waals surface area contributed by atoms with Crippen LogP contribution in [0.1, 0.15) is 70.4 Å². The van der Waals surface area contributed by atoms with E-state index in [1.54, 1.807) is 12.1 Å². The van der Waals surface area contributed by atoms with Gasteiger partial charge in [-0.1, -0.05) is 58.2 Å². The maximum absolute atomic E-state index is 15.8. The highest BCUT2D eigenvalue weighted by molar-refractivity contribution is 6.07. The van der Waals surface area contributed by atoms with Crippen LogP contribution < -0.4 is 10.2 Å². The number of benzene rings is 1. The fourth-order valence-corrected chi connectivity index (χ4v) is 5.80. The van der Waals surface area contributed by atoms with Crippen molar-refractivity contribution < 1.29 is 27.9 Å². The molecule has 2 aromatic rings. The lowest BCUT2D eigenvalue weighted by Crippen LogP contribution is -2.69. The number of anilines is 1. The van der Waals surface area contributed by atoms with Crippen LogP contribution >= 0.6 is 0 Å². The van der Waals surface area contributed by atoms with Crippen LogP contribution in [-0.4, -0.2) is 57.7 Å². The molecule has 11 heteroatoms. The van der Waals surface area contributed by atoms with E-state index >= 15 is 13.2 Å². The number of halogens is 3. The Kier molecular flexibility index (Phi) is 8.64. The van der Waals surface area contributed by atoms with Crippen molar-refractivity contribution in [1.82, 2.24) is 15.2 Å². The van der Waals surface area contributed by atoms with E-state index in [0.29, 0.717) is 17.7 Å². The number of aliphatic hydroxyl groups is 1. The number of pyridine rings is 1. The van der Waals surface area contributed by atoms with Crippen LogP contribution in [0.5, 0.6) is 0 Å². The molecule has 2 aliphatic rings. The van der Waals surface area contributed by atoms with Crippen LogP contribution in [0.2, 0.25) is 0 Å². The zero-order valence-corrected chi connectivity index (χ0v) is 23.5. The lowest BCUT2D eigenvalue weighted by molar-refractivity contribution is -0.198. The number of carbonyl (C=O) groups excluding carboxylic acids is 2. The number of hydrogen-bond donors (Lipinski definition) is 2. The SMILES string of the molecule is CC(C)(C)c1ccc(N(C(=O)[C@H]2C[C@@H](O)CN2C#N)C(C(=O)NC2CCCCC2)(c2cccnc2)C(F)(F)F)cc1. The number of aliphatic hydroxyl groups excluding tert-OH is 1. The van der Waals surface area contributed by atoms with Gasteiger partial charge in [0.1, 0.15) is 6.04 Å². The molecule has 3 atom stereocenters. The van der Waals surface area contributed by atoms with Gasteiger partial charge in [0.25, 0.3) is 11.8 Å². The summed E-state index contributed by atoms with van der Waals surface area (Å²) in [6, 6.07) is 6.58. The van der Waals surface area contributed by atoms with E-state index in [2.05, 4.69) is 10.3 Å². The summed E-state index contributed by atoms with van der Waals surface area (Å²) >= 11 is 0. The summed E-state index contributed by atoms with van der Waals surface area (Å²) in [5, 5.41) is 22.5.